The molecule has 0 heterocycles. The first-order chi connectivity index (χ1) is 19.1. The predicted molar refractivity (Wildman–Crippen MR) is 86.8 cm³/mol. The van der Waals surface area contributed by atoms with E-state index in [0.29, 0.717) is 6.92 Å². The van der Waals surface area contributed by atoms with Gasteiger partial charge in [-0.3, -0.25) is 4.74 Å². The van der Waals surface area contributed by atoms with Crippen LogP contribution in [0.15, 0.2) is 24.0 Å². The molecule has 0 aliphatic heterocycles. The average molecular weight is 732 g/mol. The van der Waals surface area contributed by atoms with Crippen molar-refractivity contribution in [2.24, 2.45) is 0 Å². The molecule has 0 radical (unpaired) electrons. The van der Waals surface area contributed by atoms with Crippen LogP contribution in [0.1, 0.15) is 6.92 Å². The molecular weight excluding hydrogens is 727 g/mol. The molecule has 0 saturated carbocycles. The summed E-state index contributed by atoms with van der Waals surface area (Å²) in [4.78, 5) is 11.0. The smallest absolute Gasteiger partial charge is 0.393 e. The number of carbonyl (C=O) groups excluding carboxylic acids is 1. The zero-order chi connectivity index (χ0) is 37.2. The van der Waals surface area contributed by atoms with Gasteiger partial charge >= 0.3 is 77.8 Å². The van der Waals surface area contributed by atoms with Gasteiger partial charge in [0.1, 0.15) is 0 Å². The van der Waals surface area contributed by atoms with E-state index in [0.717, 1.165) is 0 Å². The van der Waals surface area contributed by atoms with E-state index < -0.39 is 89.2 Å². The Balaban J connectivity index is 7.83. The molecule has 0 rings (SSSR count). The first kappa shape index (κ1) is 42.2. The van der Waals surface area contributed by atoms with Crippen LogP contribution < -0.4 is 0 Å². The summed E-state index contributed by atoms with van der Waals surface area (Å²) in [6, 6.07) is -4.41. The third-order valence-electron chi connectivity index (χ3n) is 4.71. The molecule has 45 heavy (non-hydrogen) atoms. The molecule has 28 heteroatoms. The molecule has 0 N–H and O–H groups in total. The van der Waals surface area contributed by atoms with Crippen molar-refractivity contribution in [2.75, 3.05) is 0 Å². The summed E-state index contributed by atoms with van der Waals surface area (Å²) in [6.07, 6.45) is -24.0. The Morgan fingerprint density at radius 2 is 0.778 bits per heavy atom. The van der Waals surface area contributed by atoms with Crippen molar-refractivity contribution in [1.82, 2.24) is 0 Å². The van der Waals surface area contributed by atoms with Crippen LogP contribution in [0.5, 0.6) is 0 Å². The fraction of sp³-hybridized carbons (Fsp3) is 0.706. The monoisotopic (exact) mass is 732 g/mol. The molecule has 1 unspecified atom stereocenters. The number of carbonyl (C=O) groups is 1. The fourth-order valence-electron chi connectivity index (χ4n) is 2.19. The Labute approximate surface area is 228 Å². The van der Waals surface area contributed by atoms with E-state index in [1.807, 2.05) is 0 Å². The largest absolute Gasteiger partial charge is 0.483 e. The molecule has 0 bridgehead atoms. The summed E-state index contributed by atoms with van der Waals surface area (Å²) < 4.78 is 337. The molecule has 3 nitrogen and oxygen atoms in total. The second-order valence-electron chi connectivity index (χ2n) is 7.99. The topological polar surface area (TPSA) is 35.5 Å². The Kier molecular flexibility index (Phi) is 10.4. The first-order valence-electron chi connectivity index (χ1n) is 9.60. The van der Waals surface area contributed by atoms with Crippen LogP contribution >= 0.6 is 0 Å². The van der Waals surface area contributed by atoms with Crippen molar-refractivity contribution in [2.45, 2.75) is 72.7 Å². The second-order valence-corrected chi connectivity index (χ2v) is 7.99. The number of hydrogen-bond donors (Lipinski definition) is 0. The highest BCUT2D eigenvalue weighted by molar-refractivity contribution is 5.87. The molecule has 0 aromatic carbocycles. The van der Waals surface area contributed by atoms with Crippen molar-refractivity contribution < 1.29 is 124 Å². The lowest BCUT2D eigenvalue weighted by Gasteiger charge is -2.45. The zero-order valence-corrected chi connectivity index (χ0v) is 19.9. The van der Waals surface area contributed by atoms with Crippen LogP contribution in [0.25, 0.3) is 0 Å². The molecule has 0 aromatic rings. The quantitative estimate of drug-likeness (QED) is 0.0870. The molecule has 0 amide bonds. The number of rotatable bonds is 12. The van der Waals surface area contributed by atoms with Gasteiger partial charge in [-0.15, -0.1) is 0 Å². The highest BCUT2D eigenvalue weighted by Gasteiger charge is 2.97. The highest BCUT2D eigenvalue weighted by atomic mass is 19.4. The normalized spacial score (nSPS) is 17.5. The third-order valence-corrected chi connectivity index (χ3v) is 4.71. The first-order valence-corrected chi connectivity index (χ1v) is 9.60. The lowest BCUT2D eigenvalue weighted by molar-refractivity contribution is -0.493. The molecule has 0 aromatic heterocycles. The molecule has 0 aliphatic carbocycles. The number of esters is 1. The Hall–Kier alpha value is -2.84. The van der Waals surface area contributed by atoms with Gasteiger partial charge in [-0.2, -0.15) is 110 Å². The van der Waals surface area contributed by atoms with Crippen LogP contribution in [0.2, 0.25) is 0 Å². The maximum atomic E-state index is 14.7. The number of hydrogen-bond acceptors (Lipinski definition) is 3. The van der Waals surface area contributed by atoms with Gasteiger partial charge in [0, 0.05) is 5.57 Å². The molecule has 1 atom stereocenters. The minimum Gasteiger partial charge on any atom is -0.393 e. The lowest BCUT2D eigenvalue weighted by Crippen LogP contribution is -2.76. The van der Waals surface area contributed by atoms with Crippen molar-refractivity contribution in [3.63, 3.8) is 0 Å². The Bertz CT molecular complexity index is 1170. The van der Waals surface area contributed by atoms with Gasteiger partial charge in [-0.1, -0.05) is 6.58 Å². The van der Waals surface area contributed by atoms with Crippen LogP contribution in [-0.4, -0.2) is 71.7 Å². The maximum Gasteiger partial charge on any atom is 0.483 e. The molecule has 0 spiro atoms. The Morgan fingerprint density at radius 3 is 1.04 bits per heavy atom. The summed E-state index contributed by atoms with van der Waals surface area (Å²) in [5.74, 6) is -81.5. The van der Waals surface area contributed by atoms with Crippen molar-refractivity contribution >= 4 is 5.97 Å². The highest BCUT2D eigenvalue weighted by Crippen LogP contribution is 2.66. The van der Waals surface area contributed by atoms with E-state index in [2.05, 4.69) is 11.3 Å². The number of halogens is 25. The maximum absolute atomic E-state index is 14.7. The zero-order valence-electron chi connectivity index (χ0n) is 19.9. The van der Waals surface area contributed by atoms with Gasteiger partial charge in [0.15, 0.2) is 0 Å². The van der Waals surface area contributed by atoms with E-state index >= 15 is 0 Å². The molecule has 0 fully saturated rings. The van der Waals surface area contributed by atoms with Crippen LogP contribution in [0.4, 0.5) is 110 Å². The second kappa shape index (κ2) is 11.2. The minimum atomic E-state index is -9.60. The van der Waals surface area contributed by atoms with Crippen LogP contribution in [0.3, 0.4) is 0 Å². The molecule has 266 valence electrons. The number of ether oxygens (including phenoxy) is 2. The van der Waals surface area contributed by atoms with E-state index in [1.54, 1.807) is 0 Å². The van der Waals surface area contributed by atoms with Crippen molar-refractivity contribution in [1.29, 1.82) is 0 Å². The minimum absolute atomic E-state index is 0.328. The summed E-state index contributed by atoms with van der Waals surface area (Å²) in [5.41, 5.74) is -1.33. The summed E-state index contributed by atoms with van der Waals surface area (Å²) in [5, 5.41) is 0. The van der Waals surface area contributed by atoms with E-state index in [-0.39, 0.29) is 0 Å². The summed E-state index contributed by atoms with van der Waals surface area (Å²) in [7, 11) is 0. The molecular formula is C17H5F25O3. The van der Waals surface area contributed by atoms with Gasteiger partial charge in [0.25, 0.3) is 0 Å². The Morgan fingerprint density at radius 1 is 0.489 bits per heavy atom. The van der Waals surface area contributed by atoms with E-state index in [1.165, 1.54) is 4.74 Å². The van der Waals surface area contributed by atoms with Crippen LogP contribution in [-0.2, 0) is 14.3 Å². The van der Waals surface area contributed by atoms with Gasteiger partial charge in [0.2, 0.25) is 5.83 Å². The summed E-state index contributed by atoms with van der Waals surface area (Å²) in [6.45, 7) is 2.78. The molecule has 0 saturated heterocycles. The van der Waals surface area contributed by atoms with Crippen LogP contribution in [0, 0.1) is 0 Å². The third kappa shape index (κ3) is 6.05. The van der Waals surface area contributed by atoms with Crippen molar-refractivity contribution in [3.8, 4) is 0 Å². The van der Waals surface area contributed by atoms with E-state index in [4.69, 9.17) is 0 Å². The standard InChI is InChI=1S/C17H5F25O3/c1-3(2)6(43)44-5(19)4(18)7(20,45-17(41,42)16(38,39)40)8(21,22)9(23,24)10(25,26)11(27,28)12(29,30)13(31,32)14(33,34)15(35,36)37/h1H2,2H3. The lowest BCUT2D eigenvalue weighted by atomic mass is 9.87. The van der Waals surface area contributed by atoms with Crippen molar-refractivity contribution in [3.05, 3.63) is 24.0 Å². The van der Waals surface area contributed by atoms with Gasteiger partial charge < -0.3 is 4.74 Å². The van der Waals surface area contributed by atoms with E-state index in [9.17, 15) is 115 Å². The van der Waals surface area contributed by atoms with Gasteiger partial charge in [0.05, 0.1) is 0 Å². The van der Waals surface area contributed by atoms with Gasteiger partial charge in [-0.05, 0) is 6.92 Å². The SMILES string of the molecule is C=C(C)C(=O)OC(F)=C(F)C(F)(OC(F)(F)C(F)(F)F)C(F)(F)C(F)(F)C(F)(F)C(F)(F)C(F)(F)C(F)(F)C(F)(F)C(F)(F)F. The fourth-order valence-corrected chi connectivity index (χ4v) is 2.19. The average Bonchev–Trinajstić information content (AvgIpc) is 2.80. The van der Waals surface area contributed by atoms with Gasteiger partial charge in [-0.25, -0.2) is 4.79 Å². The molecule has 0 aliphatic rings. The predicted octanol–water partition coefficient (Wildman–Crippen LogP) is 9.06. The number of alkyl halides is 23. The summed E-state index contributed by atoms with van der Waals surface area (Å²) >= 11 is 0.